The number of carbonyl (C=O) groups excluding carboxylic acids is 4. The second kappa shape index (κ2) is 30.9. The molecule has 0 bridgehead atoms. The molecule has 0 fully saturated rings. The summed E-state index contributed by atoms with van der Waals surface area (Å²) in [6.45, 7) is 9.03. The number of hydrogen-bond donors (Lipinski definition) is 0. The van der Waals surface area contributed by atoms with Crippen LogP contribution in [-0.4, -0.2) is 34.6 Å². The van der Waals surface area contributed by atoms with E-state index in [0.29, 0.717) is 44.3 Å². The third kappa shape index (κ3) is 14.4. The SMILES string of the molecule is CCCCCCCCCCCC(CCCCCCCCCCC)N1C(=O)c2ccc3c4ccc5c6c(ccc(c7ccc(c2c37)C1=O)c64)C(=O)N(c1cccc(C#Cc2cc(CCCCCC)c(CCCCCC)cc2C#Cc2ccccc2)c1)C5=O. The lowest BCUT2D eigenvalue weighted by Gasteiger charge is -2.35. The molecular weight excluding hydrogens is 1060 g/mol. The number of benzene rings is 8. The van der Waals surface area contributed by atoms with E-state index in [0.717, 1.165) is 113 Å². The van der Waals surface area contributed by atoms with Crippen molar-refractivity contribution < 1.29 is 19.2 Å². The average molecular weight is 1160 g/mol. The molecule has 6 nitrogen and oxygen atoms in total. The molecule has 8 aromatic carbocycles. The van der Waals surface area contributed by atoms with E-state index in [1.807, 2.05) is 103 Å². The maximum atomic E-state index is 15.0. The summed E-state index contributed by atoms with van der Waals surface area (Å²) in [6, 6.07) is 37.5. The molecule has 87 heavy (non-hydrogen) atoms. The normalized spacial score (nSPS) is 13.0. The Bertz CT molecular complexity index is 3700. The molecule has 450 valence electrons. The van der Waals surface area contributed by atoms with Crippen molar-refractivity contribution in [1.29, 1.82) is 0 Å². The van der Waals surface area contributed by atoms with Crippen molar-refractivity contribution in [1.82, 2.24) is 4.90 Å². The van der Waals surface area contributed by atoms with E-state index in [4.69, 9.17) is 0 Å². The number of hydrogen-bond acceptors (Lipinski definition) is 4. The molecular formula is C81H92N2O4. The molecule has 10 rings (SSSR count). The van der Waals surface area contributed by atoms with E-state index in [1.165, 1.54) is 144 Å². The minimum Gasteiger partial charge on any atom is -0.271 e. The molecule has 0 aliphatic carbocycles. The first-order valence-corrected chi connectivity index (χ1v) is 34.1. The average Bonchev–Trinajstić information content (AvgIpc) is 0.725. The molecule has 8 aromatic rings. The molecule has 6 heteroatoms. The Morgan fingerprint density at radius 1 is 0.333 bits per heavy atom. The third-order valence-electron chi connectivity index (χ3n) is 18.8. The Kier molecular flexibility index (Phi) is 22.2. The fourth-order valence-electron chi connectivity index (χ4n) is 14.0. The molecule has 0 saturated carbocycles. The molecule has 0 spiro atoms. The fraction of sp³-hybridized carbons (Fsp3) is 0.432. The Labute approximate surface area is 519 Å². The van der Waals surface area contributed by atoms with E-state index in [1.54, 1.807) is 4.90 Å². The number of imide groups is 2. The monoisotopic (exact) mass is 1160 g/mol. The van der Waals surface area contributed by atoms with E-state index < -0.39 is 11.8 Å². The van der Waals surface area contributed by atoms with Gasteiger partial charge in [-0.25, -0.2) is 4.90 Å². The molecule has 4 amide bonds. The second-order valence-corrected chi connectivity index (χ2v) is 25.2. The van der Waals surface area contributed by atoms with E-state index in [-0.39, 0.29) is 17.9 Å². The van der Waals surface area contributed by atoms with Crippen LogP contribution in [-0.2, 0) is 12.8 Å². The van der Waals surface area contributed by atoms with Crippen molar-refractivity contribution in [3.05, 3.63) is 171 Å². The van der Waals surface area contributed by atoms with Gasteiger partial charge in [-0.3, -0.25) is 24.1 Å². The molecule has 0 N–H and O–H groups in total. The molecule has 0 unspecified atom stereocenters. The van der Waals surface area contributed by atoms with Crippen LogP contribution in [0.5, 0.6) is 0 Å². The van der Waals surface area contributed by atoms with Crippen LogP contribution in [0.15, 0.2) is 115 Å². The molecule has 0 aromatic heterocycles. The Morgan fingerprint density at radius 2 is 0.701 bits per heavy atom. The molecule has 2 aliphatic rings. The van der Waals surface area contributed by atoms with E-state index in [2.05, 4.69) is 63.5 Å². The predicted octanol–water partition coefficient (Wildman–Crippen LogP) is 21.4. The Morgan fingerprint density at radius 3 is 1.13 bits per heavy atom. The molecule has 0 atom stereocenters. The summed E-state index contributed by atoms with van der Waals surface area (Å²) in [6.07, 6.45) is 35.2. The highest BCUT2D eigenvalue weighted by Crippen LogP contribution is 2.47. The van der Waals surface area contributed by atoms with Gasteiger partial charge in [0, 0.05) is 61.3 Å². The molecule has 2 heterocycles. The van der Waals surface area contributed by atoms with Gasteiger partial charge in [0.2, 0.25) is 0 Å². The second-order valence-electron chi connectivity index (χ2n) is 25.2. The quantitative estimate of drug-likeness (QED) is 0.0138. The summed E-state index contributed by atoms with van der Waals surface area (Å²) in [5, 5.41) is 6.59. The minimum atomic E-state index is -0.395. The van der Waals surface area contributed by atoms with Gasteiger partial charge >= 0.3 is 0 Å². The lowest BCUT2D eigenvalue weighted by molar-refractivity contribution is 0.0516. The topological polar surface area (TPSA) is 74.8 Å². The molecule has 2 aliphatic heterocycles. The number of unbranched alkanes of at least 4 members (excludes halogenated alkanes) is 22. The van der Waals surface area contributed by atoms with Gasteiger partial charge in [-0.1, -0.05) is 254 Å². The molecule has 0 radical (unpaired) electrons. The first-order valence-electron chi connectivity index (χ1n) is 34.1. The number of anilines is 1. The number of rotatable bonds is 32. The Hall–Kier alpha value is -7.54. The highest BCUT2D eigenvalue weighted by atomic mass is 16.2. The summed E-state index contributed by atoms with van der Waals surface area (Å²) in [5.41, 5.74) is 8.61. The van der Waals surface area contributed by atoms with Crippen LogP contribution in [0, 0.1) is 23.7 Å². The van der Waals surface area contributed by atoms with Crippen LogP contribution >= 0.6 is 0 Å². The zero-order chi connectivity index (χ0) is 60.5. The van der Waals surface area contributed by atoms with Gasteiger partial charge in [0.15, 0.2) is 0 Å². The van der Waals surface area contributed by atoms with E-state index in [9.17, 15) is 9.59 Å². The van der Waals surface area contributed by atoms with Crippen molar-refractivity contribution >= 4 is 72.4 Å². The fourth-order valence-corrected chi connectivity index (χ4v) is 14.0. The largest absolute Gasteiger partial charge is 0.271 e. The first-order chi connectivity index (χ1) is 42.8. The van der Waals surface area contributed by atoms with Crippen LogP contribution < -0.4 is 4.90 Å². The number of aryl methyl sites for hydroxylation is 2. The summed E-state index contributed by atoms with van der Waals surface area (Å²) in [5.74, 6) is 12.7. The zero-order valence-corrected chi connectivity index (χ0v) is 52.8. The van der Waals surface area contributed by atoms with Crippen LogP contribution in [0.3, 0.4) is 0 Å². The van der Waals surface area contributed by atoms with E-state index >= 15 is 9.59 Å². The third-order valence-corrected chi connectivity index (χ3v) is 18.8. The van der Waals surface area contributed by atoms with Gasteiger partial charge in [-0.2, -0.15) is 0 Å². The number of carbonyl (C=O) groups is 4. The summed E-state index contributed by atoms with van der Waals surface area (Å²) < 4.78 is 0. The van der Waals surface area contributed by atoms with Gasteiger partial charge in [-0.15, -0.1) is 0 Å². The maximum Gasteiger partial charge on any atom is 0.265 e. The Balaban J connectivity index is 0.932. The lowest BCUT2D eigenvalue weighted by Crippen LogP contribution is -2.47. The van der Waals surface area contributed by atoms with Gasteiger partial charge in [0.25, 0.3) is 23.6 Å². The highest BCUT2D eigenvalue weighted by Gasteiger charge is 2.39. The maximum absolute atomic E-state index is 15.0. The van der Waals surface area contributed by atoms with Crippen molar-refractivity contribution in [2.45, 2.75) is 226 Å². The van der Waals surface area contributed by atoms with Crippen molar-refractivity contribution in [2.24, 2.45) is 0 Å². The van der Waals surface area contributed by atoms with Crippen LogP contribution in [0.2, 0.25) is 0 Å². The predicted molar refractivity (Wildman–Crippen MR) is 364 cm³/mol. The number of fused-ring (bicyclic) bond motifs is 2. The van der Waals surface area contributed by atoms with Gasteiger partial charge in [0.1, 0.15) is 0 Å². The lowest BCUT2D eigenvalue weighted by atomic mass is 9.82. The highest BCUT2D eigenvalue weighted by molar-refractivity contribution is 6.43. The minimum absolute atomic E-state index is 0.152. The van der Waals surface area contributed by atoms with Crippen LogP contribution in [0.4, 0.5) is 5.69 Å². The van der Waals surface area contributed by atoms with Crippen molar-refractivity contribution in [2.75, 3.05) is 4.90 Å². The summed E-state index contributed by atoms with van der Waals surface area (Å²) in [4.78, 5) is 63.0. The summed E-state index contributed by atoms with van der Waals surface area (Å²) >= 11 is 0. The van der Waals surface area contributed by atoms with Crippen molar-refractivity contribution in [3.63, 3.8) is 0 Å². The number of amides is 4. The standard InChI is InChI=1S/C81H92N2O4/c1-5-9-13-17-19-21-23-25-32-40-64(41-33-26-24-22-20-18-14-10-6-2)82-78(84)70-51-47-66-68-49-53-72-77-73(54-50-69(75(68)77)67-48-52-71(79(82)85)76(70)74(66)67)81(87)83(80(72)86)65-42-34-37-59(55-65)44-46-63-57-61(39-31-16-12-8-4)60(38-30-15-11-7-3)56-62(63)45-43-58-35-28-27-29-36-58/h27-29,34-37,42,47-57,64H,5-26,30-33,38-41H2,1-4H3. The van der Waals surface area contributed by atoms with Crippen molar-refractivity contribution in [3.8, 4) is 23.7 Å². The van der Waals surface area contributed by atoms with Gasteiger partial charge < -0.3 is 0 Å². The van der Waals surface area contributed by atoms with Gasteiger partial charge in [0.05, 0.1) is 5.69 Å². The zero-order valence-electron chi connectivity index (χ0n) is 52.8. The summed E-state index contributed by atoms with van der Waals surface area (Å²) in [7, 11) is 0. The smallest absolute Gasteiger partial charge is 0.265 e. The van der Waals surface area contributed by atoms with Crippen LogP contribution in [0.25, 0.3) is 43.1 Å². The van der Waals surface area contributed by atoms with Crippen LogP contribution in [0.1, 0.15) is 282 Å². The number of nitrogens with zero attached hydrogens (tertiary/aromatic N) is 2. The first kappa shape index (κ1) is 62.5. The molecule has 0 saturated heterocycles. The van der Waals surface area contributed by atoms with Gasteiger partial charge in [-0.05, 0) is 149 Å².